The molecule has 5 heteroatoms. The van der Waals surface area contributed by atoms with Gasteiger partial charge in [-0.25, -0.2) is 0 Å². The molecular weight excluding hydrogens is 252 g/mol. The molecule has 0 saturated carbocycles. The van der Waals surface area contributed by atoms with E-state index in [1.165, 1.54) is 12.4 Å². The minimum absolute atomic E-state index is 0.198. The molecule has 0 radical (unpaired) electrons. The van der Waals surface area contributed by atoms with Crippen molar-refractivity contribution in [3.63, 3.8) is 0 Å². The molecule has 0 aliphatic heterocycles. The van der Waals surface area contributed by atoms with E-state index in [1.807, 2.05) is 0 Å². The summed E-state index contributed by atoms with van der Waals surface area (Å²) < 4.78 is 0.697. The number of pyridine rings is 1. The fourth-order valence-electron chi connectivity index (χ4n) is 1.48. The van der Waals surface area contributed by atoms with Crippen LogP contribution in [0.25, 0.3) is 0 Å². The van der Waals surface area contributed by atoms with Crippen LogP contribution in [0.2, 0.25) is 5.02 Å². The number of carbonyl (C=O) groups excluding carboxylic acids is 1. The minimum Gasteiger partial charge on any atom is -0.619 e. The van der Waals surface area contributed by atoms with Crippen molar-refractivity contribution in [3.8, 4) is 0 Å². The predicted molar refractivity (Wildman–Crippen MR) is 68.0 cm³/mol. The Balaban J connectivity index is 1.98. The van der Waals surface area contributed by atoms with Crippen LogP contribution in [0.5, 0.6) is 0 Å². The maximum atomic E-state index is 11.8. The first-order chi connectivity index (χ1) is 8.65. The molecule has 1 aromatic carbocycles. The first-order valence-electron chi connectivity index (χ1n) is 5.36. The van der Waals surface area contributed by atoms with E-state index in [0.717, 1.165) is 5.56 Å². The first kappa shape index (κ1) is 12.4. The lowest BCUT2D eigenvalue weighted by Crippen LogP contribution is -2.26. The molecule has 1 heterocycles. The van der Waals surface area contributed by atoms with Gasteiger partial charge in [0.1, 0.15) is 0 Å². The lowest BCUT2D eigenvalue weighted by Gasteiger charge is -2.05. The van der Waals surface area contributed by atoms with Crippen molar-refractivity contribution in [3.05, 3.63) is 70.1 Å². The highest BCUT2D eigenvalue weighted by atomic mass is 35.5. The number of rotatable bonds is 3. The number of aromatic nitrogens is 1. The van der Waals surface area contributed by atoms with Gasteiger partial charge in [0.15, 0.2) is 12.4 Å². The van der Waals surface area contributed by atoms with E-state index in [9.17, 15) is 10.0 Å². The summed E-state index contributed by atoms with van der Waals surface area (Å²) in [5, 5.41) is 14.1. The van der Waals surface area contributed by atoms with Crippen molar-refractivity contribution < 1.29 is 9.52 Å². The molecule has 18 heavy (non-hydrogen) atoms. The normalized spacial score (nSPS) is 10.1. The average Bonchev–Trinajstić information content (AvgIpc) is 2.38. The van der Waals surface area contributed by atoms with Crippen molar-refractivity contribution >= 4 is 17.5 Å². The third-order valence-electron chi connectivity index (χ3n) is 2.41. The minimum atomic E-state index is -0.198. The third kappa shape index (κ3) is 3.21. The molecule has 1 aromatic heterocycles. The number of hydrogen-bond acceptors (Lipinski definition) is 2. The average molecular weight is 263 g/mol. The molecule has 0 spiro atoms. The van der Waals surface area contributed by atoms with Gasteiger partial charge in [0, 0.05) is 29.3 Å². The van der Waals surface area contributed by atoms with Crippen molar-refractivity contribution in [1.29, 1.82) is 0 Å². The highest BCUT2D eigenvalue weighted by Gasteiger charge is 2.05. The molecule has 2 rings (SSSR count). The lowest BCUT2D eigenvalue weighted by molar-refractivity contribution is -0.605. The zero-order valence-corrected chi connectivity index (χ0v) is 10.2. The zero-order valence-electron chi connectivity index (χ0n) is 9.47. The van der Waals surface area contributed by atoms with Gasteiger partial charge in [-0.15, -0.1) is 0 Å². The lowest BCUT2D eigenvalue weighted by atomic mass is 10.2. The van der Waals surface area contributed by atoms with E-state index in [2.05, 4.69) is 5.32 Å². The Morgan fingerprint density at radius 3 is 2.67 bits per heavy atom. The van der Waals surface area contributed by atoms with Crippen LogP contribution >= 0.6 is 11.6 Å². The predicted octanol–water partition coefficient (Wildman–Crippen LogP) is 1.90. The topological polar surface area (TPSA) is 56.0 Å². The zero-order chi connectivity index (χ0) is 13.0. The number of nitrogens with zero attached hydrogens (tertiary/aromatic N) is 1. The second-order valence-corrected chi connectivity index (χ2v) is 4.20. The third-order valence-corrected chi connectivity index (χ3v) is 2.65. The Bertz CT molecular complexity index is 555. The molecule has 1 amide bonds. The Morgan fingerprint density at radius 1 is 1.28 bits per heavy atom. The summed E-state index contributed by atoms with van der Waals surface area (Å²) in [5.74, 6) is -0.198. The van der Waals surface area contributed by atoms with Gasteiger partial charge in [0.2, 0.25) is 0 Å². The van der Waals surface area contributed by atoms with Crippen molar-refractivity contribution in [2.45, 2.75) is 6.54 Å². The van der Waals surface area contributed by atoms with Gasteiger partial charge in [0.05, 0.1) is 0 Å². The summed E-state index contributed by atoms with van der Waals surface area (Å²) in [6, 6.07) is 10.0. The fourth-order valence-corrected chi connectivity index (χ4v) is 1.67. The molecule has 0 unspecified atom stereocenters. The largest absolute Gasteiger partial charge is 0.619 e. The van der Waals surface area contributed by atoms with Crippen LogP contribution in [0.4, 0.5) is 0 Å². The number of amides is 1. The molecule has 4 nitrogen and oxygen atoms in total. The quantitative estimate of drug-likeness (QED) is 0.679. The number of nitrogens with one attached hydrogen (secondary N) is 1. The molecule has 0 atom stereocenters. The van der Waals surface area contributed by atoms with Gasteiger partial charge >= 0.3 is 0 Å². The molecule has 92 valence electrons. The van der Waals surface area contributed by atoms with Gasteiger partial charge in [-0.05, 0) is 23.8 Å². The van der Waals surface area contributed by atoms with Crippen LogP contribution in [-0.4, -0.2) is 5.91 Å². The van der Waals surface area contributed by atoms with E-state index in [-0.39, 0.29) is 5.91 Å². The standard InChI is InChI=1S/C13H11ClN2O2/c14-12-3-1-2-11(8-12)13(17)15-9-10-4-6-16(18)7-5-10/h1-8H,9H2,(H,15,17). The molecule has 1 N–H and O–H groups in total. The fraction of sp³-hybridized carbons (Fsp3) is 0.0769. The summed E-state index contributed by atoms with van der Waals surface area (Å²) in [7, 11) is 0. The molecule has 0 bridgehead atoms. The smallest absolute Gasteiger partial charge is 0.251 e. The summed E-state index contributed by atoms with van der Waals surface area (Å²) in [4.78, 5) is 11.8. The van der Waals surface area contributed by atoms with Gasteiger partial charge in [-0.3, -0.25) is 4.79 Å². The van der Waals surface area contributed by atoms with Crippen molar-refractivity contribution in [1.82, 2.24) is 5.32 Å². The Hall–Kier alpha value is -2.07. The van der Waals surface area contributed by atoms with Gasteiger partial charge in [-0.1, -0.05) is 17.7 Å². The Labute approximate surface area is 109 Å². The molecule has 2 aromatic rings. The number of halogens is 1. The number of hydrogen-bond donors (Lipinski definition) is 1. The van der Waals surface area contributed by atoms with E-state index in [4.69, 9.17) is 11.6 Å². The maximum absolute atomic E-state index is 11.8. The first-order valence-corrected chi connectivity index (χ1v) is 5.74. The monoisotopic (exact) mass is 262 g/mol. The van der Waals surface area contributed by atoms with Crippen molar-refractivity contribution in [2.75, 3.05) is 0 Å². The van der Waals surface area contributed by atoms with Gasteiger partial charge in [0.25, 0.3) is 5.91 Å². The highest BCUT2D eigenvalue weighted by Crippen LogP contribution is 2.10. The van der Waals surface area contributed by atoms with E-state index in [0.29, 0.717) is 21.9 Å². The van der Waals surface area contributed by atoms with Crippen LogP contribution in [0.1, 0.15) is 15.9 Å². The van der Waals surface area contributed by atoms with Crippen LogP contribution in [0.3, 0.4) is 0 Å². The Kier molecular flexibility index (Phi) is 3.79. The molecule has 0 saturated heterocycles. The number of benzene rings is 1. The second-order valence-electron chi connectivity index (χ2n) is 3.76. The van der Waals surface area contributed by atoms with E-state index in [1.54, 1.807) is 36.4 Å². The SMILES string of the molecule is O=C(NCc1cc[n+]([O-])cc1)c1cccc(Cl)c1. The van der Waals surface area contributed by atoms with Crippen LogP contribution in [0, 0.1) is 5.21 Å². The summed E-state index contributed by atoms with van der Waals surface area (Å²) >= 11 is 5.81. The maximum Gasteiger partial charge on any atom is 0.251 e. The van der Waals surface area contributed by atoms with Crippen LogP contribution in [0.15, 0.2) is 48.8 Å². The van der Waals surface area contributed by atoms with Crippen LogP contribution in [-0.2, 0) is 6.54 Å². The molecular formula is C13H11ClN2O2. The second kappa shape index (κ2) is 5.51. The van der Waals surface area contributed by atoms with Crippen molar-refractivity contribution in [2.24, 2.45) is 0 Å². The summed E-state index contributed by atoms with van der Waals surface area (Å²) in [6.07, 6.45) is 2.78. The number of carbonyl (C=O) groups is 1. The van der Waals surface area contributed by atoms with E-state index >= 15 is 0 Å². The van der Waals surface area contributed by atoms with Gasteiger partial charge < -0.3 is 10.5 Å². The Morgan fingerprint density at radius 2 is 2.00 bits per heavy atom. The summed E-state index contributed by atoms with van der Waals surface area (Å²) in [6.45, 7) is 0.367. The molecule has 0 aliphatic rings. The highest BCUT2D eigenvalue weighted by molar-refractivity contribution is 6.30. The van der Waals surface area contributed by atoms with Gasteiger partial charge in [-0.2, -0.15) is 4.73 Å². The molecule has 0 aliphatic carbocycles. The van der Waals surface area contributed by atoms with E-state index < -0.39 is 0 Å². The molecule has 0 fully saturated rings. The van der Waals surface area contributed by atoms with Crippen LogP contribution < -0.4 is 10.0 Å². The summed E-state index contributed by atoms with van der Waals surface area (Å²) in [5.41, 5.74) is 1.37.